The number of hydrogen-bond donors (Lipinski definition) is 2. The van der Waals surface area contributed by atoms with Crippen LogP contribution in [0.5, 0.6) is 5.75 Å². The molecule has 0 atom stereocenters. The summed E-state index contributed by atoms with van der Waals surface area (Å²) in [5.41, 5.74) is 4.84. The van der Waals surface area contributed by atoms with E-state index in [1.54, 1.807) is 14.2 Å². The third kappa shape index (κ3) is 4.75. The SMILES string of the molecule is CCc1nn(C)c(CC)c1CNC(=NC)NCc1cccc(OC)c1. The third-order valence-electron chi connectivity index (χ3n) is 4.28. The van der Waals surface area contributed by atoms with E-state index in [1.165, 1.54) is 11.3 Å². The normalized spacial score (nSPS) is 11.5. The van der Waals surface area contributed by atoms with Gasteiger partial charge in [-0.25, -0.2) is 0 Å². The second-order valence-corrected chi connectivity index (χ2v) is 5.83. The first-order valence-electron chi connectivity index (χ1n) is 8.73. The molecule has 2 rings (SSSR count). The van der Waals surface area contributed by atoms with Crippen LogP contribution in [-0.2, 0) is 33.0 Å². The van der Waals surface area contributed by atoms with Gasteiger partial charge >= 0.3 is 0 Å². The number of guanidine groups is 1. The predicted octanol–water partition coefficient (Wildman–Crippen LogP) is 2.42. The summed E-state index contributed by atoms with van der Waals surface area (Å²) in [6.07, 6.45) is 1.90. The second kappa shape index (κ2) is 9.11. The van der Waals surface area contributed by atoms with Crippen molar-refractivity contribution in [2.24, 2.45) is 12.0 Å². The molecule has 6 heteroatoms. The fourth-order valence-electron chi connectivity index (χ4n) is 2.95. The number of ether oxygens (including phenoxy) is 1. The van der Waals surface area contributed by atoms with Gasteiger partial charge in [0.05, 0.1) is 12.8 Å². The van der Waals surface area contributed by atoms with Crippen LogP contribution in [0.1, 0.15) is 36.4 Å². The zero-order valence-electron chi connectivity index (χ0n) is 15.9. The largest absolute Gasteiger partial charge is 0.497 e. The average Bonchev–Trinajstić information content (AvgIpc) is 2.96. The monoisotopic (exact) mass is 343 g/mol. The van der Waals surface area contributed by atoms with Crippen LogP contribution in [-0.4, -0.2) is 29.9 Å². The molecule has 6 nitrogen and oxygen atoms in total. The highest BCUT2D eigenvalue weighted by Crippen LogP contribution is 2.15. The minimum atomic E-state index is 0.686. The van der Waals surface area contributed by atoms with Crippen molar-refractivity contribution in [2.45, 2.75) is 39.8 Å². The number of hydrogen-bond acceptors (Lipinski definition) is 3. The van der Waals surface area contributed by atoms with Crippen molar-refractivity contribution in [3.8, 4) is 5.75 Å². The molecule has 0 spiro atoms. The Morgan fingerprint density at radius 2 is 1.96 bits per heavy atom. The third-order valence-corrected chi connectivity index (χ3v) is 4.28. The van der Waals surface area contributed by atoms with Crippen molar-refractivity contribution in [3.05, 3.63) is 46.8 Å². The fourth-order valence-corrected chi connectivity index (χ4v) is 2.95. The van der Waals surface area contributed by atoms with Crippen molar-refractivity contribution < 1.29 is 4.74 Å². The Morgan fingerprint density at radius 1 is 1.20 bits per heavy atom. The van der Waals surface area contributed by atoms with Crippen molar-refractivity contribution in [3.63, 3.8) is 0 Å². The van der Waals surface area contributed by atoms with E-state index in [2.05, 4.69) is 40.6 Å². The van der Waals surface area contributed by atoms with Gasteiger partial charge in [0, 0.05) is 38.4 Å². The summed E-state index contributed by atoms with van der Waals surface area (Å²) in [6, 6.07) is 8.01. The molecule has 25 heavy (non-hydrogen) atoms. The van der Waals surface area contributed by atoms with E-state index >= 15 is 0 Å². The predicted molar refractivity (Wildman–Crippen MR) is 102 cm³/mol. The van der Waals surface area contributed by atoms with Crippen LogP contribution >= 0.6 is 0 Å². The molecule has 2 N–H and O–H groups in total. The minimum absolute atomic E-state index is 0.686. The number of methoxy groups -OCH3 is 1. The summed E-state index contributed by atoms with van der Waals surface area (Å²) >= 11 is 0. The van der Waals surface area contributed by atoms with E-state index in [-0.39, 0.29) is 0 Å². The first-order valence-corrected chi connectivity index (χ1v) is 8.73. The van der Waals surface area contributed by atoms with E-state index in [4.69, 9.17) is 4.74 Å². The van der Waals surface area contributed by atoms with Crippen LogP contribution in [0.15, 0.2) is 29.3 Å². The molecular weight excluding hydrogens is 314 g/mol. The molecule has 0 fully saturated rings. The number of benzene rings is 1. The fraction of sp³-hybridized carbons (Fsp3) is 0.474. The average molecular weight is 343 g/mol. The molecule has 0 saturated carbocycles. The van der Waals surface area contributed by atoms with Gasteiger partial charge in [0.25, 0.3) is 0 Å². The number of aliphatic imine (C=N–C) groups is 1. The van der Waals surface area contributed by atoms with E-state index in [0.29, 0.717) is 6.54 Å². The molecule has 0 unspecified atom stereocenters. The number of aromatic nitrogens is 2. The maximum absolute atomic E-state index is 5.26. The molecule has 0 aliphatic rings. The van der Waals surface area contributed by atoms with Gasteiger partial charge in [-0.2, -0.15) is 5.10 Å². The van der Waals surface area contributed by atoms with Gasteiger partial charge in [-0.05, 0) is 30.5 Å². The molecule has 0 amide bonds. The van der Waals surface area contributed by atoms with Gasteiger partial charge < -0.3 is 15.4 Å². The molecule has 0 aliphatic carbocycles. The number of rotatable bonds is 7. The molecule has 0 radical (unpaired) electrons. The van der Waals surface area contributed by atoms with E-state index in [1.807, 2.05) is 29.9 Å². The van der Waals surface area contributed by atoms with Gasteiger partial charge in [0.15, 0.2) is 5.96 Å². The lowest BCUT2D eigenvalue weighted by Gasteiger charge is -2.13. The molecule has 0 aliphatic heterocycles. The van der Waals surface area contributed by atoms with Gasteiger partial charge in [0.2, 0.25) is 0 Å². The van der Waals surface area contributed by atoms with Crippen molar-refractivity contribution in [2.75, 3.05) is 14.2 Å². The lowest BCUT2D eigenvalue weighted by Crippen LogP contribution is -2.36. The van der Waals surface area contributed by atoms with Gasteiger partial charge in [0.1, 0.15) is 5.75 Å². The Balaban J connectivity index is 1.99. The number of aryl methyl sites for hydroxylation is 2. The molecule has 1 aromatic carbocycles. The minimum Gasteiger partial charge on any atom is -0.497 e. The van der Waals surface area contributed by atoms with Crippen LogP contribution in [0.25, 0.3) is 0 Å². The number of nitrogens with one attached hydrogen (secondary N) is 2. The molecule has 1 heterocycles. The highest BCUT2D eigenvalue weighted by atomic mass is 16.5. The summed E-state index contributed by atoms with van der Waals surface area (Å²) in [4.78, 5) is 4.31. The van der Waals surface area contributed by atoms with Crippen LogP contribution < -0.4 is 15.4 Å². The van der Waals surface area contributed by atoms with Crippen molar-refractivity contribution in [1.82, 2.24) is 20.4 Å². The first kappa shape index (κ1) is 18.8. The molecule has 0 bridgehead atoms. The molecular formula is C19H29N5O. The highest BCUT2D eigenvalue weighted by molar-refractivity contribution is 5.79. The lowest BCUT2D eigenvalue weighted by atomic mass is 10.1. The second-order valence-electron chi connectivity index (χ2n) is 5.83. The van der Waals surface area contributed by atoms with E-state index < -0.39 is 0 Å². The van der Waals surface area contributed by atoms with Crippen LogP contribution in [0, 0.1) is 0 Å². The van der Waals surface area contributed by atoms with E-state index in [9.17, 15) is 0 Å². The Kier molecular flexibility index (Phi) is 6.86. The van der Waals surface area contributed by atoms with E-state index in [0.717, 1.165) is 42.4 Å². The van der Waals surface area contributed by atoms with Crippen LogP contribution in [0.4, 0.5) is 0 Å². The summed E-state index contributed by atoms with van der Waals surface area (Å²) in [5.74, 6) is 1.63. The van der Waals surface area contributed by atoms with Gasteiger partial charge in [-0.1, -0.05) is 26.0 Å². The molecule has 1 aromatic heterocycles. The molecule has 0 saturated heterocycles. The Labute approximate surface area is 150 Å². The highest BCUT2D eigenvalue weighted by Gasteiger charge is 2.13. The van der Waals surface area contributed by atoms with Crippen molar-refractivity contribution >= 4 is 5.96 Å². The zero-order chi connectivity index (χ0) is 18.2. The maximum atomic E-state index is 5.26. The summed E-state index contributed by atoms with van der Waals surface area (Å²) < 4.78 is 7.25. The Hall–Kier alpha value is -2.50. The summed E-state index contributed by atoms with van der Waals surface area (Å²) in [7, 11) is 5.47. The Morgan fingerprint density at radius 3 is 2.60 bits per heavy atom. The first-order chi connectivity index (χ1) is 12.1. The Bertz CT molecular complexity index is 721. The lowest BCUT2D eigenvalue weighted by molar-refractivity contribution is 0.414. The van der Waals surface area contributed by atoms with Crippen LogP contribution in [0.2, 0.25) is 0 Å². The van der Waals surface area contributed by atoms with Gasteiger partial charge in [-0.15, -0.1) is 0 Å². The standard InChI is InChI=1S/C19H29N5O/c1-6-17-16(18(7-2)24(4)23-17)13-22-19(20-3)21-12-14-9-8-10-15(11-14)25-5/h8-11H,6-7,12-13H2,1-5H3,(H2,20,21,22). The van der Waals surface area contributed by atoms with Gasteiger partial charge in [-0.3, -0.25) is 9.67 Å². The zero-order valence-corrected chi connectivity index (χ0v) is 15.9. The quantitative estimate of drug-likeness (QED) is 0.599. The van der Waals surface area contributed by atoms with Crippen molar-refractivity contribution in [1.29, 1.82) is 0 Å². The van der Waals surface area contributed by atoms with Crippen LogP contribution in [0.3, 0.4) is 0 Å². The maximum Gasteiger partial charge on any atom is 0.191 e. The summed E-state index contributed by atoms with van der Waals surface area (Å²) in [5, 5.41) is 11.4. The topological polar surface area (TPSA) is 63.5 Å². The molecule has 136 valence electrons. The number of nitrogens with zero attached hydrogens (tertiary/aromatic N) is 3. The smallest absolute Gasteiger partial charge is 0.191 e. The summed E-state index contributed by atoms with van der Waals surface area (Å²) in [6.45, 7) is 5.71. The molecule has 2 aromatic rings.